The quantitative estimate of drug-likeness (QED) is 0.514. The van der Waals surface area contributed by atoms with Crippen molar-refractivity contribution in [2.75, 3.05) is 20.2 Å². The van der Waals surface area contributed by atoms with Crippen LogP contribution in [0.5, 0.6) is 0 Å². The minimum atomic E-state index is -0.150. The molecule has 0 aliphatic heterocycles. The Morgan fingerprint density at radius 2 is 2.39 bits per heavy atom. The molecule has 0 bridgehead atoms. The van der Waals surface area contributed by atoms with E-state index >= 15 is 0 Å². The average molecular weight is 250 g/mol. The van der Waals surface area contributed by atoms with Crippen molar-refractivity contribution in [3.63, 3.8) is 0 Å². The molecule has 1 amide bonds. The predicted molar refractivity (Wildman–Crippen MR) is 69.4 cm³/mol. The first kappa shape index (κ1) is 14.7. The van der Waals surface area contributed by atoms with E-state index in [0.717, 1.165) is 19.3 Å². The number of hydrogen-bond donors (Lipinski definition) is 2. The number of carbonyl (C=O) groups is 1. The molecule has 0 aliphatic rings. The Morgan fingerprint density at radius 1 is 1.56 bits per heavy atom. The first-order chi connectivity index (χ1) is 8.77. The van der Waals surface area contributed by atoms with E-state index in [4.69, 9.17) is 8.05 Å². The van der Waals surface area contributed by atoms with Crippen LogP contribution in [0.2, 0.25) is 0 Å². The molecule has 0 aromatic carbocycles. The second-order valence-electron chi connectivity index (χ2n) is 4.02. The molecule has 1 unspecified atom stereocenters. The highest BCUT2D eigenvalue weighted by molar-refractivity contribution is 5.97. The number of likely N-dealkylation sites (N-methyl/N-ethyl adjacent to an activating group) is 1. The van der Waals surface area contributed by atoms with E-state index < -0.39 is 0 Å². The summed E-state index contributed by atoms with van der Waals surface area (Å²) in [7, 11) is 6.90. The zero-order valence-corrected chi connectivity index (χ0v) is 10.6. The zero-order valence-electron chi connectivity index (χ0n) is 10.6. The third kappa shape index (κ3) is 5.33. The fourth-order valence-electron chi connectivity index (χ4n) is 1.61. The summed E-state index contributed by atoms with van der Waals surface area (Å²) in [6, 6.07) is 0.113. The van der Waals surface area contributed by atoms with Crippen LogP contribution in [0.3, 0.4) is 0 Å². The lowest BCUT2D eigenvalue weighted by atomic mass is 10.1. The van der Waals surface area contributed by atoms with Crippen LogP contribution in [0.25, 0.3) is 0 Å². The summed E-state index contributed by atoms with van der Waals surface area (Å²) in [5.74, 6) is 0. The van der Waals surface area contributed by atoms with Gasteiger partial charge in [0.15, 0.2) is 0 Å². The molecule has 0 spiro atoms. The smallest absolute Gasteiger partial charge is 0.326 e. The lowest BCUT2D eigenvalue weighted by Crippen LogP contribution is -2.31. The lowest BCUT2D eigenvalue weighted by molar-refractivity contribution is 0.241. The Hall–Kier alpha value is -1.34. The molecule has 2 N–H and O–H groups in total. The predicted octanol–water partition coefficient (Wildman–Crippen LogP) is 0.299. The Bertz CT molecular complexity index is 332. The number of imidazole rings is 1. The van der Waals surface area contributed by atoms with Crippen molar-refractivity contribution in [3.8, 4) is 0 Å². The normalized spacial score (nSPS) is 12.3. The molecule has 0 aliphatic carbocycles. The molecule has 1 aromatic rings. The van der Waals surface area contributed by atoms with Crippen molar-refractivity contribution in [2.45, 2.75) is 25.3 Å². The fraction of sp³-hybridized carbons (Fsp3) is 0.636. The van der Waals surface area contributed by atoms with Gasteiger partial charge in [0.25, 0.3) is 8.05 Å². The van der Waals surface area contributed by atoms with Gasteiger partial charge in [0.2, 0.25) is 0 Å². The van der Waals surface area contributed by atoms with Crippen LogP contribution >= 0.6 is 0 Å². The van der Waals surface area contributed by atoms with Gasteiger partial charge in [-0.15, -0.1) is 0 Å². The molecule has 2 radical (unpaired) electrons. The monoisotopic (exact) mass is 250 g/mol. The van der Waals surface area contributed by atoms with Gasteiger partial charge < -0.3 is 15.3 Å². The molecule has 18 heavy (non-hydrogen) atoms. The standard InChI is InChI=1S/C11H19BN4O2/c1-13-10(8-18-12)4-2-3-5-15-11(17)16-7-6-14-9-16/h6-7,9-10,13H,2-5,8H2,1H3,(H,15,17). The van der Waals surface area contributed by atoms with Gasteiger partial charge in [-0.3, -0.25) is 4.57 Å². The van der Waals surface area contributed by atoms with E-state index in [1.54, 1.807) is 12.4 Å². The van der Waals surface area contributed by atoms with Gasteiger partial charge in [0, 0.05) is 31.6 Å². The van der Waals surface area contributed by atoms with Crippen molar-refractivity contribution in [1.29, 1.82) is 0 Å². The Morgan fingerprint density at radius 3 is 3.00 bits per heavy atom. The number of nitrogens with one attached hydrogen (secondary N) is 2. The number of carbonyl (C=O) groups excluding carboxylic acids is 1. The van der Waals surface area contributed by atoms with E-state index in [1.807, 2.05) is 7.05 Å². The number of hydrogen-bond acceptors (Lipinski definition) is 4. The maximum atomic E-state index is 11.5. The molecule has 6 nitrogen and oxygen atoms in total. The van der Waals surface area contributed by atoms with Crippen LogP contribution in [0.1, 0.15) is 19.3 Å². The molecule has 1 heterocycles. The molecule has 0 saturated carbocycles. The van der Waals surface area contributed by atoms with Gasteiger partial charge in [-0.05, 0) is 19.9 Å². The van der Waals surface area contributed by atoms with Crippen LogP contribution in [-0.2, 0) is 4.65 Å². The highest BCUT2D eigenvalue weighted by Crippen LogP contribution is 2.00. The van der Waals surface area contributed by atoms with Gasteiger partial charge in [-0.2, -0.15) is 0 Å². The van der Waals surface area contributed by atoms with Crippen LogP contribution < -0.4 is 10.6 Å². The van der Waals surface area contributed by atoms with Crippen molar-refractivity contribution >= 4 is 14.1 Å². The van der Waals surface area contributed by atoms with Gasteiger partial charge in [-0.25, -0.2) is 9.78 Å². The number of rotatable bonds is 8. The van der Waals surface area contributed by atoms with E-state index in [-0.39, 0.29) is 12.1 Å². The lowest BCUT2D eigenvalue weighted by Gasteiger charge is -2.15. The van der Waals surface area contributed by atoms with Crippen molar-refractivity contribution in [2.24, 2.45) is 0 Å². The molecule has 0 fully saturated rings. The summed E-state index contributed by atoms with van der Waals surface area (Å²) in [6.45, 7) is 1.15. The number of aromatic nitrogens is 2. The van der Waals surface area contributed by atoms with Gasteiger partial charge in [0.05, 0.1) is 0 Å². The van der Waals surface area contributed by atoms with Gasteiger partial charge in [0.1, 0.15) is 6.33 Å². The number of unbranched alkanes of at least 4 members (excludes halogenated alkanes) is 1. The minimum Gasteiger partial charge on any atom is -0.446 e. The van der Waals surface area contributed by atoms with Gasteiger partial charge in [-0.1, -0.05) is 6.42 Å². The maximum absolute atomic E-state index is 11.5. The summed E-state index contributed by atoms with van der Waals surface area (Å²) in [5.41, 5.74) is 0. The molecule has 1 aromatic heterocycles. The molecular formula is C11H19BN4O2. The SMILES string of the molecule is [B]OCC(CCCCNC(=O)n1ccnc1)NC. The van der Waals surface area contributed by atoms with E-state index in [9.17, 15) is 4.79 Å². The second-order valence-corrected chi connectivity index (χ2v) is 4.02. The molecule has 7 heteroatoms. The van der Waals surface area contributed by atoms with E-state index in [2.05, 4.69) is 20.3 Å². The summed E-state index contributed by atoms with van der Waals surface area (Å²) in [5, 5.41) is 5.94. The second kappa shape index (κ2) is 8.71. The molecule has 98 valence electrons. The minimum absolute atomic E-state index is 0.150. The molecule has 1 rings (SSSR count). The van der Waals surface area contributed by atoms with Crippen LogP contribution in [0.15, 0.2) is 18.7 Å². The van der Waals surface area contributed by atoms with Crippen LogP contribution in [0.4, 0.5) is 4.79 Å². The average Bonchev–Trinajstić information content (AvgIpc) is 2.90. The largest absolute Gasteiger partial charge is 0.446 e. The highest BCUT2D eigenvalue weighted by Gasteiger charge is 2.05. The van der Waals surface area contributed by atoms with Crippen molar-refractivity contribution < 1.29 is 9.45 Å². The summed E-state index contributed by atoms with van der Waals surface area (Å²) in [4.78, 5) is 15.3. The van der Waals surface area contributed by atoms with Crippen LogP contribution in [0, 0.1) is 0 Å². The van der Waals surface area contributed by atoms with Crippen LogP contribution in [-0.4, -0.2) is 49.9 Å². The fourth-order valence-corrected chi connectivity index (χ4v) is 1.61. The van der Waals surface area contributed by atoms with Gasteiger partial charge >= 0.3 is 6.03 Å². The molecule has 0 saturated heterocycles. The summed E-state index contributed by atoms with van der Waals surface area (Å²) < 4.78 is 6.01. The maximum Gasteiger partial charge on any atom is 0.326 e. The zero-order chi connectivity index (χ0) is 13.2. The Labute approximate surface area is 109 Å². The third-order valence-corrected chi connectivity index (χ3v) is 2.70. The highest BCUT2D eigenvalue weighted by atomic mass is 16.4. The summed E-state index contributed by atoms with van der Waals surface area (Å²) in [6.07, 6.45) is 7.55. The first-order valence-electron chi connectivity index (χ1n) is 6.03. The molecular weight excluding hydrogens is 231 g/mol. The van der Waals surface area contributed by atoms with E-state index in [1.165, 1.54) is 10.9 Å². The van der Waals surface area contributed by atoms with E-state index in [0.29, 0.717) is 13.2 Å². The third-order valence-electron chi connectivity index (χ3n) is 2.70. The number of amides is 1. The first-order valence-corrected chi connectivity index (χ1v) is 6.03. The Balaban J connectivity index is 2.06. The number of nitrogens with zero attached hydrogens (tertiary/aromatic N) is 2. The van der Waals surface area contributed by atoms with Crippen molar-refractivity contribution in [3.05, 3.63) is 18.7 Å². The summed E-state index contributed by atoms with van der Waals surface area (Å²) >= 11 is 0. The molecule has 1 atom stereocenters. The van der Waals surface area contributed by atoms with Crippen molar-refractivity contribution in [1.82, 2.24) is 20.2 Å². The topological polar surface area (TPSA) is 68.2 Å². The Kier molecular flexibility index (Phi) is 7.13.